The number of aldehydes is 1. The number of ketones is 1. The third-order valence-electron chi connectivity index (χ3n) is 11.1. The third kappa shape index (κ3) is 6.15. The summed E-state index contributed by atoms with van der Waals surface area (Å²) in [6, 6.07) is 7.82. The van der Waals surface area contributed by atoms with Gasteiger partial charge in [0.25, 0.3) is 0 Å². The molecule has 3 aromatic rings. The van der Waals surface area contributed by atoms with Gasteiger partial charge >= 0.3 is 5.97 Å². The number of benzene rings is 2. The molecule has 0 bridgehead atoms. The largest absolute Gasteiger partial charge is 0.492 e. The van der Waals surface area contributed by atoms with Crippen LogP contribution in [0.5, 0.6) is 17.2 Å². The van der Waals surface area contributed by atoms with Gasteiger partial charge in [0.15, 0.2) is 6.29 Å². The molecule has 7 rings (SSSR count). The first kappa shape index (κ1) is 35.0. The fourth-order valence-electron chi connectivity index (χ4n) is 8.43. The van der Waals surface area contributed by atoms with Gasteiger partial charge in [-0.3, -0.25) is 9.59 Å². The number of Topliss-reactive ketones (excluding diaryl/α,β-unsaturated/α-hetero) is 1. The lowest BCUT2D eigenvalue weighted by molar-refractivity contribution is -0.141. The number of hydrogen-bond donors (Lipinski definition) is 4. The summed E-state index contributed by atoms with van der Waals surface area (Å²) in [6.07, 6.45) is 6.92. The number of esters is 1. The molecule has 2 aliphatic heterocycles. The van der Waals surface area contributed by atoms with Gasteiger partial charge in [0.2, 0.25) is 5.76 Å². The lowest BCUT2D eigenvalue weighted by Crippen LogP contribution is -2.47. The SMILES string of the molecule is CCOC(=O)C1=C(C=O)/C(=C2\CCC(=O)[C@@H](c3ccc4[nH]ccc4c3)C2)c2c(OCCCO)c3c(c(CO)c2O1)O[C@H]([C@@](C)(O)C1CCCC1)C3. The Morgan fingerprint density at radius 2 is 1.92 bits per heavy atom. The summed E-state index contributed by atoms with van der Waals surface area (Å²) in [4.78, 5) is 43.3. The molecule has 3 atom stereocenters. The van der Waals surface area contributed by atoms with E-state index in [-0.39, 0.29) is 73.4 Å². The van der Waals surface area contributed by atoms with E-state index in [0.29, 0.717) is 47.3 Å². The van der Waals surface area contributed by atoms with Gasteiger partial charge in [-0.15, -0.1) is 0 Å². The fraction of sp³-hybridized carbons (Fsp3) is 0.475. The fourth-order valence-corrected chi connectivity index (χ4v) is 8.43. The maximum absolute atomic E-state index is 13.6. The zero-order valence-electron chi connectivity index (χ0n) is 29.1. The number of aromatic nitrogens is 1. The van der Waals surface area contributed by atoms with Crippen LogP contribution in [0.2, 0.25) is 0 Å². The van der Waals surface area contributed by atoms with Crippen LogP contribution >= 0.6 is 0 Å². The average Bonchev–Trinajstić information content (AvgIpc) is 3.93. The Labute approximate surface area is 296 Å². The van der Waals surface area contributed by atoms with Crippen LogP contribution in [0.1, 0.15) is 93.4 Å². The highest BCUT2D eigenvalue weighted by atomic mass is 16.6. The van der Waals surface area contributed by atoms with Crippen LogP contribution in [0.15, 0.2) is 47.4 Å². The Morgan fingerprint density at radius 3 is 2.65 bits per heavy atom. The lowest BCUT2D eigenvalue weighted by Gasteiger charge is -2.35. The molecule has 2 saturated carbocycles. The molecule has 2 fully saturated rings. The first-order valence-corrected chi connectivity index (χ1v) is 18.0. The molecule has 0 radical (unpaired) electrons. The molecule has 0 saturated heterocycles. The van der Waals surface area contributed by atoms with Crippen molar-refractivity contribution in [1.29, 1.82) is 0 Å². The average molecular weight is 700 g/mol. The Balaban J connectivity index is 1.44. The summed E-state index contributed by atoms with van der Waals surface area (Å²) < 4.78 is 24.6. The summed E-state index contributed by atoms with van der Waals surface area (Å²) in [7, 11) is 0. The number of H-pyrrole nitrogens is 1. The summed E-state index contributed by atoms with van der Waals surface area (Å²) in [5, 5.41) is 33.5. The molecule has 2 aromatic carbocycles. The molecule has 0 unspecified atom stereocenters. The van der Waals surface area contributed by atoms with Crippen molar-refractivity contribution in [1.82, 2.24) is 4.98 Å². The predicted octanol–water partition coefficient (Wildman–Crippen LogP) is 5.37. The molecule has 270 valence electrons. The van der Waals surface area contributed by atoms with Crippen molar-refractivity contribution in [3.8, 4) is 17.2 Å². The van der Waals surface area contributed by atoms with Crippen LogP contribution in [0, 0.1) is 5.92 Å². The Hall–Kier alpha value is -4.45. The maximum atomic E-state index is 13.6. The molecule has 4 N–H and O–H groups in total. The second-order valence-corrected chi connectivity index (χ2v) is 14.1. The molecule has 1 aromatic heterocycles. The van der Waals surface area contributed by atoms with Crippen molar-refractivity contribution in [2.75, 3.05) is 19.8 Å². The van der Waals surface area contributed by atoms with Gasteiger partial charge in [-0.1, -0.05) is 24.5 Å². The van der Waals surface area contributed by atoms with Gasteiger partial charge in [0.1, 0.15) is 34.7 Å². The lowest BCUT2D eigenvalue weighted by atomic mass is 9.75. The van der Waals surface area contributed by atoms with E-state index in [2.05, 4.69) is 4.98 Å². The molecule has 0 amide bonds. The normalized spacial score (nSPS) is 23.0. The quantitative estimate of drug-likeness (QED) is 0.116. The molecular formula is C40H45NO10. The van der Waals surface area contributed by atoms with Crippen LogP contribution in [0.25, 0.3) is 16.5 Å². The second kappa shape index (κ2) is 14.3. The third-order valence-corrected chi connectivity index (χ3v) is 11.1. The molecule has 11 nitrogen and oxygen atoms in total. The number of fused-ring (bicyclic) bond motifs is 3. The summed E-state index contributed by atoms with van der Waals surface area (Å²) >= 11 is 0. The van der Waals surface area contributed by atoms with Crippen LogP contribution in [-0.4, -0.2) is 69.9 Å². The summed E-state index contributed by atoms with van der Waals surface area (Å²) in [5.41, 5.74) is 2.96. The van der Waals surface area contributed by atoms with Gasteiger partial charge in [0.05, 0.1) is 36.5 Å². The van der Waals surface area contributed by atoms with E-state index in [0.717, 1.165) is 47.7 Å². The van der Waals surface area contributed by atoms with Crippen molar-refractivity contribution in [2.24, 2.45) is 5.92 Å². The number of aromatic amines is 1. The van der Waals surface area contributed by atoms with Crippen LogP contribution in [0.3, 0.4) is 0 Å². The molecule has 2 aliphatic carbocycles. The van der Waals surface area contributed by atoms with Crippen molar-refractivity contribution >= 4 is 34.5 Å². The van der Waals surface area contributed by atoms with E-state index in [9.17, 15) is 29.7 Å². The van der Waals surface area contributed by atoms with Crippen LogP contribution in [0.4, 0.5) is 0 Å². The maximum Gasteiger partial charge on any atom is 0.375 e. The minimum Gasteiger partial charge on any atom is -0.492 e. The van der Waals surface area contributed by atoms with Crippen LogP contribution < -0.4 is 14.2 Å². The Kier molecular flexibility index (Phi) is 9.80. The van der Waals surface area contributed by atoms with Crippen molar-refractivity contribution < 1.29 is 48.7 Å². The molecule has 11 heteroatoms. The first-order valence-electron chi connectivity index (χ1n) is 18.0. The van der Waals surface area contributed by atoms with E-state index >= 15 is 0 Å². The zero-order valence-corrected chi connectivity index (χ0v) is 29.1. The first-order chi connectivity index (χ1) is 24.7. The summed E-state index contributed by atoms with van der Waals surface area (Å²) in [6.45, 7) is 2.93. The number of aliphatic hydroxyl groups is 3. The standard InChI is InChI=1S/C40H45NO10/c1-3-48-39(46)38-28(20-43)33(24-10-12-31(45)26(18-24)22-9-11-30-23(17-22)13-14-41-30)34-36(49-16-6-15-42)27-19-32(40(2,47)25-7-4-5-8-25)50-35(27)29(21-44)37(34)51-38/h9,11,13-14,17,20,25-26,32,41-42,44,47H,3-8,10,12,15-16,18-19,21H2,1-2H3/b33-24-/t26-,32+,40+/m1/s1. The van der Waals surface area contributed by atoms with Gasteiger partial charge in [0, 0.05) is 54.6 Å². The monoisotopic (exact) mass is 699 g/mol. The van der Waals surface area contributed by atoms with Crippen molar-refractivity contribution in [3.63, 3.8) is 0 Å². The van der Waals surface area contributed by atoms with Gasteiger partial charge in [-0.25, -0.2) is 4.79 Å². The predicted molar refractivity (Wildman–Crippen MR) is 187 cm³/mol. The van der Waals surface area contributed by atoms with Gasteiger partial charge in [-0.05, 0) is 74.6 Å². The number of allylic oxidation sites excluding steroid dienone is 3. The van der Waals surface area contributed by atoms with Crippen LogP contribution in [-0.2, 0) is 32.1 Å². The van der Waals surface area contributed by atoms with Crippen molar-refractivity contribution in [2.45, 2.75) is 95.9 Å². The highest BCUT2D eigenvalue weighted by Crippen LogP contribution is 2.57. The second-order valence-electron chi connectivity index (χ2n) is 14.1. The topological polar surface area (TPSA) is 165 Å². The van der Waals surface area contributed by atoms with E-state index in [1.54, 1.807) is 13.8 Å². The summed E-state index contributed by atoms with van der Waals surface area (Å²) in [5.74, 6) is -0.858. The number of rotatable bonds is 11. The Bertz CT molecular complexity index is 1930. The molecule has 3 heterocycles. The number of ether oxygens (including phenoxy) is 4. The molecule has 4 aliphatic rings. The number of hydrogen-bond acceptors (Lipinski definition) is 10. The van der Waals surface area contributed by atoms with Gasteiger partial charge in [-0.2, -0.15) is 0 Å². The number of nitrogens with one attached hydrogen (secondary N) is 1. The van der Waals surface area contributed by atoms with Crippen molar-refractivity contribution in [3.05, 3.63) is 69.6 Å². The van der Waals surface area contributed by atoms with E-state index < -0.39 is 30.2 Å². The number of aliphatic hydroxyl groups excluding tert-OH is 2. The smallest absolute Gasteiger partial charge is 0.375 e. The number of carbonyl (C=O) groups is 3. The minimum absolute atomic E-state index is 0.0256. The zero-order chi connectivity index (χ0) is 35.9. The highest BCUT2D eigenvalue weighted by molar-refractivity contribution is 6.11. The molecular weight excluding hydrogens is 654 g/mol. The molecule has 51 heavy (non-hydrogen) atoms. The van der Waals surface area contributed by atoms with E-state index in [4.69, 9.17) is 18.9 Å². The number of carbonyl (C=O) groups excluding carboxylic acids is 3. The highest BCUT2D eigenvalue weighted by Gasteiger charge is 2.49. The van der Waals surface area contributed by atoms with E-state index in [1.807, 2.05) is 30.5 Å². The Morgan fingerprint density at radius 1 is 1.12 bits per heavy atom. The van der Waals surface area contributed by atoms with E-state index in [1.165, 1.54) is 0 Å². The molecule has 0 spiro atoms. The minimum atomic E-state index is -1.19. The van der Waals surface area contributed by atoms with Gasteiger partial charge < -0.3 is 39.3 Å².